The second-order valence-electron chi connectivity index (χ2n) is 3.54. The van der Waals surface area contributed by atoms with Crippen LogP contribution in [0.25, 0.3) is 0 Å². The van der Waals surface area contributed by atoms with E-state index < -0.39 is 24.0 Å². The third-order valence-electron chi connectivity index (χ3n) is 2.08. The van der Waals surface area contributed by atoms with E-state index in [1.165, 1.54) is 20.0 Å². The molecule has 8 heteroatoms. The summed E-state index contributed by atoms with van der Waals surface area (Å²) < 4.78 is 24.4. The highest BCUT2D eigenvalue weighted by molar-refractivity contribution is 7.16. The standard InChI is InChI=1S/C9H12F2N2O3S/c1-5(14)7-3-6(13(15)16)9(17-7)12(2)4-8(10)11/h3,5,8,14H,4H2,1-2H3. The minimum atomic E-state index is -2.57. The first-order valence-electron chi connectivity index (χ1n) is 4.78. The van der Waals surface area contributed by atoms with Crippen LogP contribution in [0.5, 0.6) is 0 Å². The summed E-state index contributed by atoms with van der Waals surface area (Å²) in [6.45, 7) is 0.882. The van der Waals surface area contributed by atoms with Crippen molar-refractivity contribution in [3.05, 3.63) is 21.1 Å². The lowest BCUT2D eigenvalue weighted by Crippen LogP contribution is -2.23. The smallest absolute Gasteiger partial charge is 0.304 e. The van der Waals surface area contributed by atoms with Crippen molar-refractivity contribution in [3.8, 4) is 0 Å². The molecule has 17 heavy (non-hydrogen) atoms. The number of rotatable bonds is 5. The summed E-state index contributed by atoms with van der Waals surface area (Å²) in [6, 6.07) is 1.21. The van der Waals surface area contributed by atoms with E-state index in [1.807, 2.05) is 0 Å². The molecule has 1 unspecified atom stereocenters. The van der Waals surface area contributed by atoms with E-state index in [0.717, 1.165) is 16.2 Å². The Balaban J connectivity index is 3.07. The molecule has 1 N–H and O–H groups in total. The van der Waals surface area contributed by atoms with E-state index in [0.29, 0.717) is 4.88 Å². The van der Waals surface area contributed by atoms with Gasteiger partial charge in [-0.1, -0.05) is 0 Å². The molecule has 0 fully saturated rings. The average molecular weight is 266 g/mol. The predicted octanol–water partition coefficient (Wildman–Crippen LogP) is 2.41. The fourth-order valence-electron chi connectivity index (χ4n) is 1.29. The van der Waals surface area contributed by atoms with Crippen molar-refractivity contribution in [1.82, 2.24) is 0 Å². The molecule has 0 spiro atoms. The van der Waals surface area contributed by atoms with Gasteiger partial charge in [-0.3, -0.25) is 10.1 Å². The fraction of sp³-hybridized carbons (Fsp3) is 0.556. The van der Waals surface area contributed by atoms with Gasteiger partial charge in [0.15, 0.2) is 5.00 Å². The minimum absolute atomic E-state index is 0.131. The molecule has 1 aromatic heterocycles. The van der Waals surface area contributed by atoms with Crippen molar-refractivity contribution in [2.45, 2.75) is 19.5 Å². The van der Waals surface area contributed by atoms with E-state index in [4.69, 9.17) is 0 Å². The van der Waals surface area contributed by atoms with Crippen LogP contribution in [0.15, 0.2) is 6.07 Å². The van der Waals surface area contributed by atoms with Crippen molar-refractivity contribution in [2.75, 3.05) is 18.5 Å². The van der Waals surface area contributed by atoms with Gasteiger partial charge in [-0.15, -0.1) is 11.3 Å². The summed E-state index contributed by atoms with van der Waals surface area (Å²) in [7, 11) is 1.36. The fourth-order valence-corrected chi connectivity index (χ4v) is 2.32. The van der Waals surface area contributed by atoms with Crippen LogP contribution in [0.4, 0.5) is 19.5 Å². The topological polar surface area (TPSA) is 66.6 Å². The molecule has 5 nitrogen and oxygen atoms in total. The molecule has 0 aromatic carbocycles. The summed E-state index contributed by atoms with van der Waals surface area (Å²) in [5.41, 5.74) is -0.256. The molecule has 0 saturated heterocycles. The molecule has 0 aliphatic heterocycles. The zero-order valence-electron chi connectivity index (χ0n) is 9.26. The average Bonchev–Trinajstić information content (AvgIpc) is 2.60. The number of halogens is 2. The van der Waals surface area contributed by atoms with Crippen LogP contribution < -0.4 is 4.90 Å². The van der Waals surface area contributed by atoms with Crippen LogP contribution in [-0.4, -0.2) is 30.0 Å². The van der Waals surface area contributed by atoms with Crippen molar-refractivity contribution in [3.63, 3.8) is 0 Å². The van der Waals surface area contributed by atoms with Crippen molar-refractivity contribution < 1.29 is 18.8 Å². The second kappa shape index (κ2) is 5.37. The van der Waals surface area contributed by atoms with Crippen LogP contribution >= 0.6 is 11.3 Å². The van der Waals surface area contributed by atoms with Crippen LogP contribution in [0.3, 0.4) is 0 Å². The van der Waals surface area contributed by atoms with Crippen molar-refractivity contribution in [2.24, 2.45) is 0 Å². The maximum absolute atomic E-state index is 12.2. The Bertz CT molecular complexity index is 409. The molecule has 0 radical (unpaired) electrons. The van der Waals surface area contributed by atoms with Gasteiger partial charge in [0, 0.05) is 18.0 Å². The lowest BCUT2D eigenvalue weighted by Gasteiger charge is -2.15. The monoisotopic (exact) mass is 266 g/mol. The summed E-state index contributed by atoms with van der Waals surface area (Å²) >= 11 is 0.947. The molecule has 0 saturated carbocycles. The van der Waals surface area contributed by atoms with E-state index >= 15 is 0 Å². The Morgan fingerprint density at radius 1 is 1.65 bits per heavy atom. The lowest BCUT2D eigenvalue weighted by atomic mass is 10.3. The van der Waals surface area contributed by atoms with Gasteiger partial charge in [0.2, 0.25) is 0 Å². The number of anilines is 1. The number of aliphatic hydroxyl groups excluding tert-OH is 1. The summed E-state index contributed by atoms with van der Waals surface area (Å²) in [5, 5.41) is 20.2. The highest BCUT2D eigenvalue weighted by Gasteiger charge is 2.24. The number of hydrogen-bond acceptors (Lipinski definition) is 5. The Labute approximate surface area is 100 Å². The number of nitrogens with zero attached hydrogens (tertiary/aromatic N) is 2. The molecule has 0 aliphatic rings. The quantitative estimate of drug-likeness (QED) is 0.656. The number of nitro groups is 1. The normalized spacial score (nSPS) is 12.8. The van der Waals surface area contributed by atoms with E-state index in [9.17, 15) is 24.0 Å². The first kappa shape index (κ1) is 13.8. The first-order chi connectivity index (χ1) is 7.82. The Hall–Kier alpha value is -1.28. The highest BCUT2D eigenvalue weighted by atomic mass is 32.1. The van der Waals surface area contributed by atoms with Gasteiger partial charge in [0.05, 0.1) is 17.6 Å². The van der Waals surface area contributed by atoms with Crippen LogP contribution in [0.1, 0.15) is 17.9 Å². The molecule has 1 heterocycles. The SMILES string of the molecule is CC(O)c1cc([N+](=O)[O-])c(N(C)CC(F)F)s1. The highest BCUT2D eigenvalue weighted by Crippen LogP contribution is 2.39. The van der Waals surface area contributed by atoms with Crippen molar-refractivity contribution >= 4 is 22.0 Å². The predicted molar refractivity (Wildman–Crippen MR) is 60.9 cm³/mol. The third kappa shape index (κ3) is 3.34. The maximum atomic E-state index is 12.2. The largest absolute Gasteiger partial charge is 0.388 e. The van der Waals surface area contributed by atoms with Crippen molar-refractivity contribution in [1.29, 1.82) is 0 Å². The van der Waals surface area contributed by atoms with Gasteiger partial charge in [0.1, 0.15) is 0 Å². The maximum Gasteiger partial charge on any atom is 0.304 e. The molecule has 1 atom stereocenters. The van der Waals surface area contributed by atoms with Gasteiger partial charge in [-0.2, -0.15) is 0 Å². The summed E-state index contributed by atoms with van der Waals surface area (Å²) in [4.78, 5) is 11.6. The molecule has 0 bridgehead atoms. The second-order valence-corrected chi connectivity index (χ2v) is 4.61. The Morgan fingerprint density at radius 3 is 2.65 bits per heavy atom. The van der Waals surface area contributed by atoms with E-state index in [1.54, 1.807) is 0 Å². The lowest BCUT2D eigenvalue weighted by molar-refractivity contribution is -0.383. The van der Waals surface area contributed by atoms with Gasteiger partial charge in [-0.25, -0.2) is 8.78 Å². The summed E-state index contributed by atoms with van der Waals surface area (Å²) in [5.74, 6) is 0. The molecule has 96 valence electrons. The number of thiophene rings is 1. The van der Waals surface area contributed by atoms with Crippen LogP contribution in [0.2, 0.25) is 0 Å². The van der Waals surface area contributed by atoms with E-state index in [2.05, 4.69) is 0 Å². The molecule has 1 aromatic rings. The van der Waals surface area contributed by atoms with Gasteiger partial charge < -0.3 is 10.0 Å². The van der Waals surface area contributed by atoms with E-state index in [-0.39, 0.29) is 10.7 Å². The van der Waals surface area contributed by atoms with Gasteiger partial charge in [0.25, 0.3) is 6.43 Å². The molecule has 0 aliphatic carbocycles. The Morgan fingerprint density at radius 2 is 2.24 bits per heavy atom. The number of aliphatic hydroxyl groups is 1. The third-order valence-corrected chi connectivity index (χ3v) is 3.49. The number of alkyl halides is 2. The molecular formula is C9H12F2N2O3S. The first-order valence-corrected chi connectivity index (χ1v) is 5.60. The van der Waals surface area contributed by atoms with Crippen LogP contribution in [-0.2, 0) is 0 Å². The zero-order chi connectivity index (χ0) is 13.2. The van der Waals surface area contributed by atoms with Gasteiger partial charge in [-0.05, 0) is 6.92 Å². The van der Waals surface area contributed by atoms with Crippen LogP contribution in [0, 0.1) is 10.1 Å². The Kier molecular flexibility index (Phi) is 4.35. The molecular weight excluding hydrogens is 254 g/mol. The summed E-state index contributed by atoms with van der Waals surface area (Å²) in [6.07, 6.45) is -3.43. The zero-order valence-corrected chi connectivity index (χ0v) is 10.1. The number of hydrogen-bond donors (Lipinski definition) is 1. The van der Waals surface area contributed by atoms with Gasteiger partial charge >= 0.3 is 5.69 Å². The molecule has 0 amide bonds. The molecule has 1 rings (SSSR count). The minimum Gasteiger partial charge on any atom is -0.388 e.